The zero-order valence-corrected chi connectivity index (χ0v) is 13.1. The summed E-state index contributed by atoms with van der Waals surface area (Å²) >= 11 is 4.69. The van der Waals surface area contributed by atoms with Crippen molar-refractivity contribution in [3.05, 3.63) is 45.1 Å². The van der Waals surface area contributed by atoms with Crippen LogP contribution in [0.3, 0.4) is 0 Å². The van der Waals surface area contributed by atoms with Crippen molar-refractivity contribution in [2.24, 2.45) is 0 Å². The molecule has 1 aromatic carbocycles. The van der Waals surface area contributed by atoms with Gasteiger partial charge in [-0.3, -0.25) is 4.79 Å². The minimum atomic E-state index is -3.28. The number of hydrogen-bond acceptors (Lipinski definition) is 4. The van der Waals surface area contributed by atoms with Crippen molar-refractivity contribution >= 4 is 48.7 Å². The molecule has 0 aliphatic rings. The molecule has 7 heteroatoms. The fourth-order valence-electron chi connectivity index (χ4n) is 1.44. The summed E-state index contributed by atoms with van der Waals surface area (Å²) < 4.78 is 23.7. The predicted molar refractivity (Wildman–Crippen MR) is 79.5 cm³/mol. The van der Waals surface area contributed by atoms with Gasteiger partial charge in [0.15, 0.2) is 9.84 Å². The number of carbonyl (C=O) groups excluding carboxylic acids is 1. The van der Waals surface area contributed by atoms with Crippen LogP contribution >= 0.6 is 27.3 Å². The number of amides is 1. The molecule has 1 amide bonds. The molecule has 0 bridgehead atoms. The highest BCUT2D eigenvalue weighted by molar-refractivity contribution is 9.11. The van der Waals surface area contributed by atoms with Crippen LogP contribution in [0.5, 0.6) is 0 Å². The maximum absolute atomic E-state index is 11.9. The maximum Gasteiger partial charge on any atom is 0.256 e. The molecule has 0 aliphatic heterocycles. The molecule has 0 saturated heterocycles. The van der Waals surface area contributed by atoms with Crippen LogP contribution in [-0.4, -0.2) is 20.6 Å². The van der Waals surface area contributed by atoms with E-state index in [-0.39, 0.29) is 10.8 Å². The molecule has 2 rings (SSSR count). The van der Waals surface area contributed by atoms with Gasteiger partial charge in [0.1, 0.15) is 0 Å². The highest BCUT2D eigenvalue weighted by Gasteiger charge is 2.11. The third-order valence-electron chi connectivity index (χ3n) is 2.35. The van der Waals surface area contributed by atoms with E-state index in [1.54, 1.807) is 23.6 Å². The van der Waals surface area contributed by atoms with Gasteiger partial charge in [0.2, 0.25) is 0 Å². The van der Waals surface area contributed by atoms with E-state index in [0.717, 1.165) is 10.0 Å². The number of anilines is 1. The molecule has 1 heterocycles. The fraction of sp³-hybridized carbons (Fsp3) is 0.0833. The monoisotopic (exact) mass is 359 g/mol. The van der Waals surface area contributed by atoms with Crippen LogP contribution in [0.4, 0.5) is 5.69 Å². The van der Waals surface area contributed by atoms with E-state index in [0.29, 0.717) is 11.3 Å². The lowest BCUT2D eigenvalue weighted by Crippen LogP contribution is -2.11. The molecule has 0 unspecified atom stereocenters. The zero-order chi connectivity index (χ0) is 14.0. The first-order valence-corrected chi connectivity index (χ1v) is 8.78. The van der Waals surface area contributed by atoms with Gasteiger partial charge in [-0.05, 0) is 40.2 Å². The fourth-order valence-corrected chi connectivity index (χ4v) is 3.24. The SMILES string of the molecule is CS(=O)(=O)c1cccc(NC(=O)c2csc(Br)c2)c1. The molecule has 1 aromatic heterocycles. The van der Waals surface area contributed by atoms with Gasteiger partial charge in [0, 0.05) is 17.3 Å². The summed E-state index contributed by atoms with van der Waals surface area (Å²) in [6.45, 7) is 0. The van der Waals surface area contributed by atoms with Gasteiger partial charge >= 0.3 is 0 Å². The summed E-state index contributed by atoms with van der Waals surface area (Å²) in [6, 6.07) is 7.88. The second-order valence-electron chi connectivity index (χ2n) is 3.89. The Kier molecular flexibility index (Phi) is 4.07. The van der Waals surface area contributed by atoms with Crippen LogP contribution < -0.4 is 5.32 Å². The largest absolute Gasteiger partial charge is 0.322 e. The van der Waals surface area contributed by atoms with Crippen molar-refractivity contribution < 1.29 is 13.2 Å². The van der Waals surface area contributed by atoms with Crippen LogP contribution in [0.1, 0.15) is 10.4 Å². The molecule has 0 aliphatic carbocycles. The van der Waals surface area contributed by atoms with Crippen molar-refractivity contribution in [1.82, 2.24) is 0 Å². The Bertz CT molecular complexity index is 722. The van der Waals surface area contributed by atoms with E-state index < -0.39 is 9.84 Å². The molecule has 1 N–H and O–H groups in total. The highest BCUT2D eigenvalue weighted by Crippen LogP contribution is 2.22. The maximum atomic E-state index is 11.9. The van der Waals surface area contributed by atoms with Crippen LogP contribution in [0.25, 0.3) is 0 Å². The number of hydrogen-bond donors (Lipinski definition) is 1. The predicted octanol–water partition coefficient (Wildman–Crippen LogP) is 3.17. The molecule has 2 aromatic rings. The molecule has 0 atom stereocenters. The summed E-state index contributed by atoms with van der Waals surface area (Å²) in [7, 11) is -3.28. The number of halogens is 1. The quantitative estimate of drug-likeness (QED) is 0.915. The first-order valence-electron chi connectivity index (χ1n) is 5.22. The number of benzene rings is 1. The van der Waals surface area contributed by atoms with E-state index >= 15 is 0 Å². The average Bonchev–Trinajstić information content (AvgIpc) is 2.75. The van der Waals surface area contributed by atoms with Crippen LogP contribution in [0.2, 0.25) is 0 Å². The summed E-state index contributed by atoms with van der Waals surface area (Å²) in [5, 5.41) is 4.39. The number of carbonyl (C=O) groups is 1. The van der Waals surface area contributed by atoms with E-state index in [1.807, 2.05) is 0 Å². The van der Waals surface area contributed by atoms with Crippen molar-refractivity contribution in [3.63, 3.8) is 0 Å². The minimum Gasteiger partial charge on any atom is -0.322 e. The Labute approximate surface area is 123 Å². The van der Waals surface area contributed by atoms with Crippen molar-refractivity contribution in [3.8, 4) is 0 Å². The number of thiophene rings is 1. The van der Waals surface area contributed by atoms with Gasteiger partial charge in [0.25, 0.3) is 5.91 Å². The van der Waals surface area contributed by atoms with Gasteiger partial charge in [-0.2, -0.15) is 0 Å². The van der Waals surface area contributed by atoms with E-state index in [2.05, 4.69) is 21.2 Å². The van der Waals surface area contributed by atoms with E-state index in [1.165, 1.54) is 23.5 Å². The Hall–Kier alpha value is -1.18. The smallest absolute Gasteiger partial charge is 0.256 e. The highest BCUT2D eigenvalue weighted by atomic mass is 79.9. The lowest BCUT2D eigenvalue weighted by Gasteiger charge is -2.05. The standard InChI is InChI=1S/C12H10BrNO3S2/c1-19(16,17)10-4-2-3-9(6-10)14-12(15)8-5-11(13)18-7-8/h2-7H,1H3,(H,14,15). The van der Waals surface area contributed by atoms with E-state index in [4.69, 9.17) is 0 Å². The summed E-state index contributed by atoms with van der Waals surface area (Å²) in [5.41, 5.74) is 0.983. The Morgan fingerprint density at radius 3 is 2.63 bits per heavy atom. The number of rotatable bonds is 3. The Balaban J connectivity index is 2.22. The lowest BCUT2D eigenvalue weighted by atomic mass is 10.3. The molecule has 0 fully saturated rings. The minimum absolute atomic E-state index is 0.178. The summed E-state index contributed by atoms with van der Waals surface area (Å²) in [6.07, 6.45) is 1.13. The molecule has 4 nitrogen and oxygen atoms in total. The molecular weight excluding hydrogens is 350 g/mol. The first kappa shape index (κ1) is 14.2. The van der Waals surface area contributed by atoms with Crippen molar-refractivity contribution in [1.29, 1.82) is 0 Å². The van der Waals surface area contributed by atoms with Gasteiger partial charge in [-0.1, -0.05) is 6.07 Å². The van der Waals surface area contributed by atoms with Crippen molar-refractivity contribution in [2.45, 2.75) is 4.90 Å². The van der Waals surface area contributed by atoms with Gasteiger partial charge in [-0.25, -0.2) is 8.42 Å². The Morgan fingerprint density at radius 2 is 2.05 bits per heavy atom. The van der Waals surface area contributed by atoms with Crippen LogP contribution in [0, 0.1) is 0 Å². The molecule has 19 heavy (non-hydrogen) atoms. The van der Waals surface area contributed by atoms with E-state index in [9.17, 15) is 13.2 Å². The third kappa shape index (κ3) is 3.65. The molecule has 0 radical (unpaired) electrons. The number of sulfone groups is 1. The molecule has 0 saturated carbocycles. The van der Waals surface area contributed by atoms with Gasteiger partial charge in [-0.15, -0.1) is 11.3 Å². The summed E-state index contributed by atoms with van der Waals surface area (Å²) in [4.78, 5) is 12.1. The lowest BCUT2D eigenvalue weighted by molar-refractivity contribution is 0.102. The average molecular weight is 360 g/mol. The topological polar surface area (TPSA) is 63.2 Å². The van der Waals surface area contributed by atoms with Crippen LogP contribution in [-0.2, 0) is 9.84 Å². The second-order valence-corrected chi connectivity index (χ2v) is 8.20. The van der Waals surface area contributed by atoms with Crippen LogP contribution in [0.15, 0.2) is 44.4 Å². The third-order valence-corrected chi connectivity index (χ3v) is 4.96. The Morgan fingerprint density at radius 1 is 1.32 bits per heavy atom. The number of nitrogens with one attached hydrogen (secondary N) is 1. The second kappa shape index (κ2) is 5.44. The normalized spacial score (nSPS) is 11.3. The molecular formula is C12H10BrNO3S2. The zero-order valence-electron chi connectivity index (χ0n) is 9.88. The molecule has 0 spiro atoms. The van der Waals surface area contributed by atoms with Gasteiger partial charge in [0.05, 0.1) is 14.2 Å². The summed E-state index contributed by atoms with van der Waals surface area (Å²) in [5.74, 6) is -0.271. The molecule has 100 valence electrons. The van der Waals surface area contributed by atoms with Crippen molar-refractivity contribution in [2.75, 3.05) is 11.6 Å². The first-order chi connectivity index (χ1) is 8.86. The van der Waals surface area contributed by atoms with Gasteiger partial charge < -0.3 is 5.32 Å².